The lowest BCUT2D eigenvalue weighted by atomic mass is 10.2. The molecule has 11 nitrogen and oxygen atoms in total. The predicted octanol–water partition coefficient (Wildman–Crippen LogP) is 5.18. The molecule has 2 aliphatic rings. The van der Waals surface area contributed by atoms with E-state index >= 15 is 0 Å². The fraction of sp³-hybridized carbons (Fsp3) is 0.407. The number of pyridine rings is 1. The maximum Gasteiger partial charge on any atom is 0.490 e. The van der Waals surface area contributed by atoms with Crippen molar-refractivity contribution in [3.63, 3.8) is 0 Å². The van der Waals surface area contributed by atoms with E-state index in [4.69, 9.17) is 19.8 Å². The summed E-state index contributed by atoms with van der Waals surface area (Å²) in [6.07, 6.45) is 2.15. The zero-order chi connectivity index (χ0) is 32.7. The zero-order valence-electron chi connectivity index (χ0n) is 23.2. The molecular weight excluding hydrogens is 602 g/mol. The molecule has 4 heterocycles. The van der Waals surface area contributed by atoms with E-state index in [1.54, 1.807) is 6.20 Å². The van der Waals surface area contributed by atoms with E-state index in [0.717, 1.165) is 42.4 Å². The first-order chi connectivity index (χ1) is 20.5. The van der Waals surface area contributed by atoms with Crippen LogP contribution in [0.25, 0.3) is 11.1 Å². The van der Waals surface area contributed by atoms with Gasteiger partial charge in [-0.2, -0.15) is 26.3 Å². The molecule has 3 aromatic rings. The number of carboxylic acid groups (broad SMARTS) is 2. The number of carbonyl (C=O) groups excluding carboxylic acids is 1. The van der Waals surface area contributed by atoms with Crippen molar-refractivity contribution in [2.45, 2.75) is 51.5 Å². The van der Waals surface area contributed by atoms with Crippen LogP contribution in [0.5, 0.6) is 0 Å². The number of nitrogens with one attached hydrogen (secondary N) is 1. The van der Waals surface area contributed by atoms with Gasteiger partial charge < -0.3 is 25.0 Å². The molecule has 1 aliphatic carbocycles. The van der Waals surface area contributed by atoms with Gasteiger partial charge in [0.05, 0.1) is 11.9 Å². The number of alkyl halides is 6. The highest BCUT2D eigenvalue weighted by atomic mass is 19.4. The number of rotatable bonds is 6. The topological polar surface area (TPSA) is 151 Å². The minimum atomic E-state index is -5.08. The van der Waals surface area contributed by atoms with E-state index in [0.29, 0.717) is 17.3 Å². The molecule has 0 radical (unpaired) electrons. The second kappa shape index (κ2) is 14.2. The number of carbonyl (C=O) groups is 3. The molecule has 3 N–H and O–H groups in total. The highest BCUT2D eigenvalue weighted by Gasteiger charge is 2.39. The maximum absolute atomic E-state index is 13.0. The molecule has 238 valence electrons. The molecule has 1 amide bonds. The normalized spacial score (nSPS) is 14.6. The summed E-state index contributed by atoms with van der Waals surface area (Å²) >= 11 is 0. The van der Waals surface area contributed by atoms with Crippen LogP contribution >= 0.6 is 0 Å². The van der Waals surface area contributed by atoms with E-state index in [1.807, 2.05) is 37.5 Å². The van der Waals surface area contributed by atoms with Crippen molar-refractivity contribution in [1.82, 2.24) is 19.5 Å². The average molecular weight is 631 g/mol. The highest BCUT2D eigenvalue weighted by molar-refractivity contribution is 6.04. The number of hydrogen-bond donors (Lipinski definition) is 3. The first-order valence-electron chi connectivity index (χ1n) is 13.2. The monoisotopic (exact) mass is 630 g/mol. The second-order valence-corrected chi connectivity index (χ2v) is 9.92. The average Bonchev–Trinajstić information content (AvgIpc) is 3.41. The van der Waals surface area contributed by atoms with Gasteiger partial charge in [0, 0.05) is 55.0 Å². The third kappa shape index (κ3) is 10.2. The Morgan fingerprint density at radius 2 is 1.43 bits per heavy atom. The number of anilines is 2. The summed E-state index contributed by atoms with van der Waals surface area (Å²) < 4.78 is 65.5. The number of halogens is 6. The van der Waals surface area contributed by atoms with Gasteiger partial charge in [-0.25, -0.2) is 19.6 Å². The van der Waals surface area contributed by atoms with Crippen LogP contribution in [0.15, 0.2) is 43.0 Å². The van der Waals surface area contributed by atoms with E-state index < -0.39 is 24.3 Å². The Labute approximate surface area is 246 Å². The van der Waals surface area contributed by atoms with Crippen LogP contribution in [0.4, 0.5) is 38.0 Å². The van der Waals surface area contributed by atoms with Crippen molar-refractivity contribution in [1.29, 1.82) is 0 Å². The molecule has 5 rings (SSSR count). The van der Waals surface area contributed by atoms with Crippen LogP contribution in [0.1, 0.15) is 41.9 Å². The quantitative estimate of drug-likeness (QED) is 0.313. The van der Waals surface area contributed by atoms with E-state index in [9.17, 15) is 31.1 Å². The van der Waals surface area contributed by atoms with Crippen molar-refractivity contribution in [3.8, 4) is 11.1 Å². The molecule has 44 heavy (non-hydrogen) atoms. The van der Waals surface area contributed by atoms with Crippen molar-refractivity contribution in [3.05, 3.63) is 54.4 Å². The third-order valence-electron chi connectivity index (χ3n) is 6.30. The van der Waals surface area contributed by atoms with Crippen molar-refractivity contribution >= 4 is 29.5 Å². The summed E-state index contributed by atoms with van der Waals surface area (Å²) in [5.41, 5.74) is 4.17. The number of aromatic nitrogens is 4. The first-order valence-corrected chi connectivity index (χ1v) is 13.2. The zero-order valence-corrected chi connectivity index (χ0v) is 23.2. The molecule has 3 aromatic heterocycles. The number of nitrogens with zero attached hydrogens (tertiary/aromatic N) is 5. The summed E-state index contributed by atoms with van der Waals surface area (Å²) in [4.78, 5) is 46.4. The van der Waals surface area contributed by atoms with Gasteiger partial charge in [-0.15, -0.1) is 0 Å². The Kier molecular flexibility index (Phi) is 10.9. The van der Waals surface area contributed by atoms with Gasteiger partial charge in [-0.05, 0) is 56.7 Å². The van der Waals surface area contributed by atoms with Gasteiger partial charge >= 0.3 is 24.3 Å². The molecule has 0 bridgehead atoms. The lowest BCUT2D eigenvalue weighted by Gasteiger charge is -2.14. The van der Waals surface area contributed by atoms with Crippen LogP contribution in [-0.4, -0.2) is 73.0 Å². The maximum atomic E-state index is 13.0. The molecule has 1 aliphatic heterocycles. The van der Waals surface area contributed by atoms with Gasteiger partial charge in [-0.3, -0.25) is 9.78 Å². The number of carboxylic acids is 2. The van der Waals surface area contributed by atoms with E-state index in [2.05, 4.69) is 35.9 Å². The second-order valence-electron chi connectivity index (χ2n) is 9.92. The Bertz CT molecular complexity index is 1410. The first kappa shape index (κ1) is 33.8. The summed E-state index contributed by atoms with van der Waals surface area (Å²) in [6, 6.07) is 5.71. The summed E-state index contributed by atoms with van der Waals surface area (Å²) in [7, 11) is 0. The number of aryl methyl sites for hydroxylation is 1. The minimum Gasteiger partial charge on any atom is -0.475 e. The Hall–Kier alpha value is -4.70. The molecule has 2 fully saturated rings. The number of amides is 1. The van der Waals surface area contributed by atoms with Crippen molar-refractivity contribution < 1.29 is 50.9 Å². The highest BCUT2D eigenvalue weighted by Crippen LogP contribution is 2.33. The van der Waals surface area contributed by atoms with Crippen LogP contribution in [0, 0.1) is 12.8 Å². The van der Waals surface area contributed by atoms with Gasteiger partial charge in [0.2, 0.25) is 5.95 Å². The molecule has 0 aromatic carbocycles. The van der Waals surface area contributed by atoms with Gasteiger partial charge in [-0.1, -0.05) is 0 Å². The van der Waals surface area contributed by atoms with Gasteiger partial charge in [0.1, 0.15) is 5.69 Å². The van der Waals surface area contributed by atoms with Gasteiger partial charge in [0.15, 0.2) is 0 Å². The van der Waals surface area contributed by atoms with Crippen LogP contribution < -0.4 is 10.2 Å². The lowest BCUT2D eigenvalue weighted by Crippen LogP contribution is -2.21. The van der Waals surface area contributed by atoms with Gasteiger partial charge in [0.25, 0.3) is 5.91 Å². The standard InChI is InChI=1S/C23H26N6O.2C2HF3O2/c1-16-4-7-20(13-24-16)27-22(30)21-10-18(15-29(21)14-17-5-6-17)19-11-25-23(26-12-19)28-8-2-3-9-28;2*3-2(4,5)1(6)7/h4,7,10-13,15,17H,2-3,5-6,8-9,14H2,1H3,(H,27,30);2*(H,6,7). The molecule has 0 atom stereocenters. The largest absolute Gasteiger partial charge is 0.490 e. The Morgan fingerprint density at radius 1 is 0.886 bits per heavy atom. The summed E-state index contributed by atoms with van der Waals surface area (Å²) in [5, 5.41) is 17.2. The Balaban J connectivity index is 0.000000317. The molecule has 0 unspecified atom stereocenters. The van der Waals surface area contributed by atoms with E-state index in [-0.39, 0.29) is 5.91 Å². The number of aliphatic carboxylic acids is 2. The predicted molar refractivity (Wildman–Crippen MR) is 144 cm³/mol. The van der Waals surface area contributed by atoms with E-state index in [1.165, 1.54) is 25.7 Å². The SMILES string of the molecule is Cc1ccc(NC(=O)c2cc(-c3cnc(N4CCCC4)nc3)cn2CC2CC2)cn1.O=C(O)C(F)(F)F.O=C(O)C(F)(F)F. The molecular formula is C27H28F6N6O5. The minimum absolute atomic E-state index is 0.123. The van der Waals surface area contributed by atoms with Crippen molar-refractivity contribution in [2.24, 2.45) is 5.92 Å². The summed E-state index contributed by atoms with van der Waals surface area (Å²) in [5.74, 6) is -4.19. The van der Waals surface area contributed by atoms with Crippen LogP contribution in [-0.2, 0) is 16.1 Å². The summed E-state index contributed by atoms with van der Waals surface area (Å²) in [6.45, 7) is 4.84. The fourth-order valence-corrected chi connectivity index (χ4v) is 3.88. The molecule has 1 saturated carbocycles. The smallest absolute Gasteiger partial charge is 0.475 e. The van der Waals surface area contributed by atoms with Crippen LogP contribution in [0.2, 0.25) is 0 Å². The Morgan fingerprint density at radius 3 is 1.89 bits per heavy atom. The molecule has 17 heteroatoms. The van der Waals surface area contributed by atoms with Crippen LogP contribution in [0.3, 0.4) is 0 Å². The molecule has 1 saturated heterocycles. The third-order valence-corrected chi connectivity index (χ3v) is 6.30. The van der Waals surface area contributed by atoms with Crippen molar-refractivity contribution in [2.75, 3.05) is 23.3 Å². The number of hydrogen-bond acceptors (Lipinski definition) is 7. The fourth-order valence-electron chi connectivity index (χ4n) is 3.88. The molecule has 0 spiro atoms. The lowest BCUT2D eigenvalue weighted by molar-refractivity contribution is -0.193.